The average Bonchev–Trinajstić information content (AvgIpc) is 2.96. The number of rotatable bonds is 8. The Hall–Kier alpha value is -2.41. The Morgan fingerprint density at radius 1 is 1.30 bits per heavy atom. The number of hydrogen-bond acceptors (Lipinski definition) is 5. The molecule has 0 unspecified atom stereocenters. The van der Waals surface area contributed by atoms with Crippen molar-refractivity contribution in [2.24, 2.45) is 0 Å². The molecule has 1 aromatic heterocycles. The van der Waals surface area contributed by atoms with Crippen LogP contribution < -0.4 is 10.1 Å². The lowest BCUT2D eigenvalue weighted by molar-refractivity contribution is -0.136. The highest BCUT2D eigenvalue weighted by molar-refractivity contribution is 7.13. The molecule has 7 heteroatoms. The van der Waals surface area contributed by atoms with Crippen LogP contribution in [0.4, 0.5) is 0 Å². The Morgan fingerprint density at radius 3 is 2.70 bits per heavy atom. The Labute approximate surface area is 138 Å². The van der Waals surface area contributed by atoms with Gasteiger partial charge in [0.2, 0.25) is 5.91 Å². The molecule has 6 nitrogen and oxygen atoms in total. The zero-order valence-corrected chi connectivity index (χ0v) is 13.6. The number of aliphatic carboxylic acids is 1. The number of amides is 1. The van der Waals surface area contributed by atoms with Crippen LogP contribution in [0.15, 0.2) is 29.6 Å². The zero-order chi connectivity index (χ0) is 16.7. The highest BCUT2D eigenvalue weighted by Gasteiger charge is 2.09. The lowest BCUT2D eigenvalue weighted by Crippen LogP contribution is -2.27. The average molecular weight is 334 g/mol. The Morgan fingerprint density at radius 2 is 2.04 bits per heavy atom. The van der Waals surface area contributed by atoms with Gasteiger partial charge in [-0.3, -0.25) is 9.59 Å². The van der Waals surface area contributed by atoms with Gasteiger partial charge in [-0.1, -0.05) is 0 Å². The van der Waals surface area contributed by atoms with Crippen LogP contribution >= 0.6 is 11.3 Å². The first kappa shape index (κ1) is 17.0. The normalized spacial score (nSPS) is 10.3. The molecule has 1 amide bonds. The van der Waals surface area contributed by atoms with Crippen LogP contribution in [0.3, 0.4) is 0 Å². The summed E-state index contributed by atoms with van der Waals surface area (Å²) in [5.41, 5.74) is 1.64. The monoisotopic (exact) mass is 334 g/mol. The number of ether oxygens (including phenoxy) is 1. The van der Waals surface area contributed by atoms with Crippen LogP contribution in [-0.4, -0.2) is 35.1 Å². The number of nitrogens with one attached hydrogen (secondary N) is 1. The number of carbonyl (C=O) groups excluding carboxylic acids is 1. The minimum Gasteiger partial charge on any atom is -0.494 e. The minimum absolute atomic E-state index is 0.0831. The zero-order valence-electron chi connectivity index (χ0n) is 12.7. The van der Waals surface area contributed by atoms with E-state index in [9.17, 15) is 9.59 Å². The predicted octanol–water partition coefficient (Wildman–Crippen LogP) is 2.34. The van der Waals surface area contributed by atoms with Gasteiger partial charge in [0.05, 0.1) is 25.1 Å². The van der Waals surface area contributed by atoms with Crippen LogP contribution in [0.1, 0.15) is 19.0 Å². The Kier molecular flexibility index (Phi) is 6.10. The summed E-state index contributed by atoms with van der Waals surface area (Å²) in [6.07, 6.45) is 0.0629. The number of benzene rings is 1. The van der Waals surface area contributed by atoms with E-state index in [1.54, 1.807) is 0 Å². The summed E-state index contributed by atoms with van der Waals surface area (Å²) < 4.78 is 5.40. The number of carboxylic acid groups (broad SMARTS) is 1. The quantitative estimate of drug-likeness (QED) is 0.773. The number of nitrogens with zero attached hydrogens (tertiary/aromatic N) is 1. The van der Waals surface area contributed by atoms with E-state index in [0.717, 1.165) is 16.3 Å². The van der Waals surface area contributed by atoms with Gasteiger partial charge in [0.15, 0.2) is 0 Å². The van der Waals surface area contributed by atoms with Gasteiger partial charge in [0.1, 0.15) is 10.8 Å². The van der Waals surface area contributed by atoms with Crippen molar-refractivity contribution < 1.29 is 19.4 Å². The standard InChI is InChI=1S/C16H18N2O4S/c1-2-22-13-5-3-11(4-6-13)16-18-12(10-23-16)9-14(19)17-8-7-15(20)21/h3-6,10H,2,7-9H2,1H3,(H,17,19)(H,20,21). The van der Waals surface area contributed by atoms with E-state index in [1.165, 1.54) is 11.3 Å². The molecule has 2 N–H and O–H groups in total. The summed E-state index contributed by atoms with van der Waals surface area (Å²) in [4.78, 5) is 26.5. The van der Waals surface area contributed by atoms with E-state index in [0.29, 0.717) is 12.3 Å². The number of hydrogen-bond donors (Lipinski definition) is 2. The maximum absolute atomic E-state index is 11.7. The van der Waals surface area contributed by atoms with Gasteiger partial charge in [-0.05, 0) is 31.2 Å². The van der Waals surface area contributed by atoms with Crippen LogP contribution in [0.5, 0.6) is 5.75 Å². The maximum atomic E-state index is 11.7. The minimum atomic E-state index is -0.934. The van der Waals surface area contributed by atoms with E-state index in [-0.39, 0.29) is 25.3 Å². The van der Waals surface area contributed by atoms with Crippen molar-refractivity contribution in [3.8, 4) is 16.3 Å². The molecule has 0 saturated heterocycles. The molecule has 122 valence electrons. The Balaban J connectivity index is 1.92. The second-order valence-electron chi connectivity index (χ2n) is 4.77. The largest absolute Gasteiger partial charge is 0.494 e. The number of aromatic nitrogens is 1. The van der Waals surface area contributed by atoms with Gasteiger partial charge in [-0.25, -0.2) is 4.98 Å². The summed E-state index contributed by atoms with van der Waals surface area (Å²) in [6, 6.07) is 7.64. The molecule has 0 bridgehead atoms. The summed E-state index contributed by atoms with van der Waals surface area (Å²) in [5, 5.41) is 13.8. The topological polar surface area (TPSA) is 88.5 Å². The third-order valence-corrected chi connectivity index (χ3v) is 3.91. The second-order valence-corrected chi connectivity index (χ2v) is 5.63. The van der Waals surface area contributed by atoms with Crippen molar-refractivity contribution in [1.82, 2.24) is 10.3 Å². The molecule has 23 heavy (non-hydrogen) atoms. The van der Waals surface area contributed by atoms with E-state index in [2.05, 4.69) is 10.3 Å². The molecule has 0 fully saturated rings. The van der Waals surface area contributed by atoms with Crippen molar-refractivity contribution in [1.29, 1.82) is 0 Å². The molecule has 0 spiro atoms. The molecule has 0 aliphatic heterocycles. The molecule has 1 heterocycles. The fourth-order valence-electron chi connectivity index (χ4n) is 1.92. The van der Waals surface area contributed by atoms with Gasteiger partial charge in [-0.15, -0.1) is 11.3 Å². The van der Waals surface area contributed by atoms with Gasteiger partial charge in [0.25, 0.3) is 0 Å². The van der Waals surface area contributed by atoms with Gasteiger partial charge >= 0.3 is 5.97 Å². The molecule has 1 aromatic carbocycles. The molecule has 2 aromatic rings. The van der Waals surface area contributed by atoms with Crippen LogP contribution in [0.25, 0.3) is 10.6 Å². The van der Waals surface area contributed by atoms with Crippen LogP contribution in [-0.2, 0) is 16.0 Å². The first-order valence-corrected chi connectivity index (χ1v) is 8.12. The summed E-state index contributed by atoms with van der Waals surface area (Å²) >= 11 is 1.47. The number of carbonyl (C=O) groups is 2. The van der Waals surface area contributed by atoms with Crippen molar-refractivity contribution in [3.63, 3.8) is 0 Å². The Bertz CT molecular complexity index is 667. The summed E-state index contributed by atoms with van der Waals surface area (Å²) in [5.74, 6) is -0.350. The van der Waals surface area contributed by atoms with Crippen molar-refractivity contribution >= 4 is 23.2 Å². The highest BCUT2D eigenvalue weighted by Crippen LogP contribution is 2.25. The highest BCUT2D eigenvalue weighted by atomic mass is 32.1. The van der Waals surface area contributed by atoms with Crippen LogP contribution in [0.2, 0.25) is 0 Å². The van der Waals surface area contributed by atoms with E-state index < -0.39 is 5.97 Å². The molecular formula is C16H18N2O4S. The molecule has 0 atom stereocenters. The molecule has 0 aliphatic carbocycles. The smallest absolute Gasteiger partial charge is 0.305 e. The number of thiazole rings is 1. The first-order valence-electron chi connectivity index (χ1n) is 7.24. The second kappa shape index (κ2) is 8.28. The van der Waals surface area contributed by atoms with Gasteiger partial charge < -0.3 is 15.2 Å². The molecule has 0 radical (unpaired) electrons. The van der Waals surface area contributed by atoms with E-state index in [1.807, 2.05) is 36.6 Å². The lowest BCUT2D eigenvalue weighted by atomic mass is 10.2. The fourth-order valence-corrected chi connectivity index (χ4v) is 2.74. The molecular weight excluding hydrogens is 316 g/mol. The third-order valence-electron chi connectivity index (χ3n) is 2.97. The first-order chi connectivity index (χ1) is 11.1. The van der Waals surface area contributed by atoms with Crippen molar-refractivity contribution in [3.05, 3.63) is 35.3 Å². The fraction of sp³-hybridized carbons (Fsp3) is 0.312. The summed E-state index contributed by atoms with van der Waals surface area (Å²) in [7, 11) is 0. The molecule has 0 saturated carbocycles. The third kappa shape index (κ3) is 5.37. The van der Waals surface area contributed by atoms with Crippen molar-refractivity contribution in [2.75, 3.05) is 13.2 Å². The molecule has 0 aliphatic rings. The van der Waals surface area contributed by atoms with Crippen molar-refractivity contribution in [2.45, 2.75) is 19.8 Å². The van der Waals surface area contributed by atoms with Gasteiger partial charge in [-0.2, -0.15) is 0 Å². The van der Waals surface area contributed by atoms with E-state index in [4.69, 9.17) is 9.84 Å². The van der Waals surface area contributed by atoms with E-state index >= 15 is 0 Å². The lowest BCUT2D eigenvalue weighted by Gasteiger charge is -2.03. The summed E-state index contributed by atoms with van der Waals surface area (Å²) in [6.45, 7) is 2.68. The SMILES string of the molecule is CCOc1ccc(-c2nc(CC(=O)NCCC(=O)O)cs2)cc1. The number of carboxylic acids is 1. The molecule has 2 rings (SSSR count). The predicted molar refractivity (Wildman–Crippen MR) is 87.7 cm³/mol. The maximum Gasteiger partial charge on any atom is 0.305 e. The van der Waals surface area contributed by atoms with Crippen LogP contribution in [0, 0.1) is 0 Å². The van der Waals surface area contributed by atoms with Gasteiger partial charge in [0, 0.05) is 17.5 Å².